The summed E-state index contributed by atoms with van der Waals surface area (Å²) >= 11 is 0. The molecule has 0 amide bonds. The fourth-order valence-electron chi connectivity index (χ4n) is 1.81. The van der Waals surface area contributed by atoms with Crippen LogP contribution in [0.2, 0.25) is 0 Å². The number of hydrogen-bond acceptors (Lipinski definition) is 4. The molecule has 0 aliphatic heterocycles. The van der Waals surface area contributed by atoms with E-state index in [-0.39, 0.29) is 5.56 Å². The molecule has 0 saturated heterocycles. The van der Waals surface area contributed by atoms with Crippen LogP contribution in [0.3, 0.4) is 0 Å². The number of hydrogen-bond donors (Lipinski definition) is 2. The van der Waals surface area contributed by atoms with Gasteiger partial charge in [0.25, 0.3) is 0 Å². The van der Waals surface area contributed by atoms with Crippen LogP contribution in [0.25, 0.3) is 0 Å². The van der Waals surface area contributed by atoms with Crippen molar-refractivity contribution in [2.45, 2.75) is 13.5 Å². The first kappa shape index (κ1) is 14.1. The lowest BCUT2D eigenvalue weighted by atomic mass is 10.2. The number of ether oxygens (including phenoxy) is 1. The van der Waals surface area contributed by atoms with E-state index in [2.05, 4.69) is 5.32 Å². The number of carbonyl (C=O) groups is 1. The van der Waals surface area contributed by atoms with Crippen molar-refractivity contribution < 1.29 is 19.1 Å². The lowest BCUT2D eigenvalue weighted by Gasteiger charge is -2.06. The normalized spacial score (nSPS) is 10.4. The molecule has 20 heavy (non-hydrogen) atoms. The maximum atomic E-state index is 10.9. The minimum Gasteiger partial charge on any atom is -0.492 e. The molecule has 5 nitrogen and oxygen atoms in total. The van der Waals surface area contributed by atoms with Crippen molar-refractivity contribution in [2.75, 3.05) is 13.2 Å². The zero-order valence-corrected chi connectivity index (χ0v) is 11.3. The van der Waals surface area contributed by atoms with Gasteiger partial charge in [0.15, 0.2) is 0 Å². The van der Waals surface area contributed by atoms with Gasteiger partial charge in [-0.1, -0.05) is 18.2 Å². The lowest BCUT2D eigenvalue weighted by Crippen LogP contribution is -2.20. The van der Waals surface area contributed by atoms with Gasteiger partial charge < -0.3 is 19.6 Å². The maximum absolute atomic E-state index is 10.9. The molecule has 5 heteroatoms. The fourth-order valence-corrected chi connectivity index (χ4v) is 1.81. The van der Waals surface area contributed by atoms with E-state index < -0.39 is 5.97 Å². The number of nitrogens with one attached hydrogen (secondary N) is 1. The summed E-state index contributed by atoms with van der Waals surface area (Å²) in [7, 11) is 0. The van der Waals surface area contributed by atoms with Gasteiger partial charge in [0.2, 0.25) is 0 Å². The summed E-state index contributed by atoms with van der Waals surface area (Å²) in [5.41, 5.74) is 0.210. The summed E-state index contributed by atoms with van der Waals surface area (Å²) in [6.07, 6.45) is 0. The van der Waals surface area contributed by atoms with Gasteiger partial charge in [0.1, 0.15) is 29.4 Å². The standard InChI is InChI=1S/C15H17NO4/c1-11-14(15(17)18)9-13(20-11)10-16-7-8-19-12-5-3-2-4-6-12/h2-6,9,16H,7-8,10H2,1H3,(H,17,18). The highest BCUT2D eigenvalue weighted by atomic mass is 16.5. The third-order valence-electron chi connectivity index (χ3n) is 2.79. The smallest absolute Gasteiger partial charge is 0.339 e. The van der Waals surface area contributed by atoms with Crippen molar-refractivity contribution in [1.29, 1.82) is 0 Å². The fraction of sp³-hybridized carbons (Fsp3) is 0.267. The Balaban J connectivity index is 1.71. The third kappa shape index (κ3) is 3.86. The summed E-state index contributed by atoms with van der Waals surface area (Å²) < 4.78 is 10.9. The monoisotopic (exact) mass is 275 g/mol. The Morgan fingerprint density at radius 1 is 1.35 bits per heavy atom. The second-order valence-corrected chi connectivity index (χ2v) is 4.33. The molecule has 0 bridgehead atoms. The van der Waals surface area contributed by atoms with Crippen LogP contribution in [0.1, 0.15) is 21.9 Å². The Labute approximate surface area is 117 Å². The molecule has 1 aromatic heterocycles. The first-order valence-corrected chi connectivity index (χ1v) is 6.38. The average Bonchev–Trinajstić information content (AvgIpc) is 2.81. The van der Waals surface area contributed by atoms with Gasteiger partial charge in [-0.05, 0) is 25.1 Å². The topological polar surface area (TPSA) is 71.7 Å². The molecule has 0 aliphatic carbocycles. The summed E-state index contributed by atoms with van der Waals surface area (Å²) in [5, 5.41) is 12.1. The zero-order chi connectivity index (χ0) is 14.4. The molecule has 0 radical (unpaired) electrons. The van der Waals surface area contributed by atoms with Crippen LogP contribution in [0.5, 0.6) is 5.75 Å². The van der Waals surface area contributed by atoms with Gasteiger partial charge >= 0.3 is 5.97 Å². The molecule has 2 N–H and O–H groups in total. The number of rotatable bonds is 7. The number of benzene rings is 1. The Kier molecular flexibility index (Phi) is 4.79. The molecule has 2 rings (SSSR count). The van der Waals surface area contributed by atoms with Gasteiger partial charge in [0.05, 0.1) is 6.54 Å². The SMILES string of the molecule is Cc1oc(CNCCOc2ccccc2)cc1C(=O)O. The van der Waals surface area contributed by atoms with E-state index in [1.165, 1.54) is 0 Å². The molecular formula is C15H17NO4. The molecule has 0 fully saturated rings. The van der Waals surface area contributed by atoms with E-state index in [0.29, 0.717) is 31.2 Å². The zero-order valence-electron chi connectivity index (χ0n) is 11.3. The van der Waals surface area contributed by atoms with Crippen molar-refractivity contribution in [1.82, 2.24) is 5.32 Å². The molecule has 0 spiro atoms. The minimum absolute atomic E-state index is 0.210. The third-order valence-corrected chi connectivity index (χ3v) is 2.79. The van der Waals surface area contributed by atoms with E-state index in [4.69, 9.17) is 14.3 Å². The summed E-state index contributed by atoms with van der Waals surface area (Å²) in [4.78, 5) is 10.9. The van der Waals surface area contributed by atoms with Gasteiger partial charge in [-0.25, -0.2) is 4.79 Å². The predicted molar refractivity (Wildman–Crippen MR) is 74.0 cm³/mol. The van der Waals surface area contributed by atoms with Gasteiger partial charge in [-0.2, -0.15) is 0 Å². The Morgan fingerprint density at radius 3 is 2.75 bits per heavy atom. The van der Waals surface area contributed by atoms with E-state index in [1.807, 2.05) is 30.3 Å². The highest BCUT2D eigenvalue weighted by molar-refractivity contribution is 5.88. The Morgan fingerprint density at radius 2 is 2.10 bits per heavy atom. The van der Waals surface area contributed by atoms with Crippen molar-refractivity contribution >= 4 is 5.97 Å². The molecule has 1 heterocycles. The van der Waals surface area contributed by atoms with Crippen LogP contribution in [-0.2, 0) is 6.54 Å². The second kappa shape index (κ2) is 6.77. The highest BCUT2D eigenvalue weighted by Gasteiger charge is 2.12. The first-order valence-electron chi connectivity index (χ1n) is 6.38. The largest absolute Gasteiger partial charge is 0.492 e. The summed E-state index contributed by atoms with van der Waals surface area (Å²) in [6.45, 7) is 3.31. The number of carboxylic acid groups (broad SMARTS) is 1. The minimum atomic E-state index is -0.968. The quantitative estimate of drug-likeness (QED) is 0.759. The van der Waals surface area contributed by atoms with Crippen molar-refractivity contribution in [3.8, 4) is 5.75 Å². The molecule has 2 aromatic rings. The Bertz CT molecular complexity index is 563. The van der Waals surface area contributed by atoms with Crippen LogP contribution in [-0.4, -0.2) is 24.2 Å². The Hall–Kier alpha value is -2.27. The number of carboxylic acids is 1. The molecule has 0 saturated carbocycles. The molecule has 0 atom stereocenters. The summed E-state index contributed by atoms with van der Waals surface area (Å²) in [6, 6.07) is 11.1. The molecule has 0 aliphatic rings. The van der Waals surface area contributed by atoms with Crippen molar-refractivity contribution in [2.24, 2.45) is 0 Å². The van der Waals surface area contributed by atoms with Crippen molar-refractivity contribution in [3.05, 3.63) is 53.5 Å². The van der Waals surface area contributed by atoms with Gasteiger partial charge in [-0.3, -0.25) is 0 Å². The van der Waals surface area contributed by atoms with E-state index in [9.17, 15) is 4.79 Å². The van der Waals surface area contributed by atoms with E-state index in [0.717, 1.165) is 5.75 Å². The molecule has 0 unspecified atom stereocenters. The molecular weight excluding hydrogens is 258 g/mol. The molecule has 106 valence electrons. The first-order chi connectivity index (χ1) is 9.66. The average molecular weight is 275 g/mol. The van der Waals surface area contributed by atoms with E-state index >= 15 is 0 Å². The van der Waals surface area contributed by atoms with Gasteiger partial charge in [0, 0.05) is 6.54 Å². The van der Waals surface area contributed by atoms with Crippen LogP contribution in [0.15, 0.2) is 40.8 Å². The number of aromatic carboxylic acids is 1. The van der Waals surface area contributed by atoms with Crippen LogP contribution in [0.4, 0.5) is 0 Å². The van der Waals surface area contributed by atoms with Crippen molar-refractivity contribution in [3.63, 3.8) is 0 Å². The summed E-state index contributed by atoms with van der Waals surface area (Å²) in [5.74, 6) is 0.899. The highest BCUT2D eigenvalue weighted by Crippen LogP contribution is 2.14. The predicted octanol–water partition coefficient (Wildman–Crippen LogP) is 2.45. The van der Waals surface area contributed by atoms with Gasteiger partial charge in [-0.15, -0.1) is 0 Å². The maximum Gasteiger partial charge on any atom is 0.339 e. The number of para-hydroxylation sites is 1. The van der Waals surface area contributed by atoms with Crippen LogP contribution >= 0.6 is 0 Å². The number of furan rings is 1. The van der Waals surface area contributed by atoms with Crippen LogP contribution in [0, 0.1) is 6.92 Å². The second-order valence-electron chi connectivity index (χ2n) is 4.33. The number of aryl methyl sites for hydroxylation is 1. The van der Waals surface area contributed by atoms with Crippen LogP contribution < -0.4 is 10.1 Å². The lowest BCUT2D eigenvalue weighted by molar-refractivity contribution is 0.0695. The van der Waals surface area contributed by atoms with E-state index in [1.54, 1.807) is 13.0 Å². The molecule has 1 aromatic carbocycles.